The van der Waals surface area contributed by atoms with Crippen molar-refractivity contribution in [3.63, 3.8) is 0 Å². The van der Waals surface area contributed by atoms with Gasteiger partial charge in [0.25, 0.3) is 14.1 Å². The van der Waals surface area contributed by atoms with Crippen LogP contribution in [-0.4, -0.2) is 69.2 Å². The molecule has 2 aromatic heterocycles. The van der Waals surface area contributed by atoms with E-state index in [0.29, 0.717) is 37.1 Å². The van der Waals surface area contributed by atoms with E-state index in [2.05, 4.69) is 116 Å². The zero-order valence-electron chi connectivity index (χ0n) is 34.5. The number of imidazole rings is 1. The highest BCUT2D eigenvalue weighted by Crippen LogP contribution is 2.50. The van der Waals surface area contributed by atoms with E-state index in [1.54, 1.807) is 13.4 Å². The van der Waals surface area contributed by atoms with Crippen molar-refractivity contribution in [2.45, 2.75) is 84.2 Å². The van der Waals surface area contributed by atoms with E-state index in [1.165, 1.54) is 0 Å². The van der Waals surface area contributed by atoms with Gasteiger partial charge in [-0.1, -0.05) is 98.8 Å². The predicted molar refractivity (Wildman–Crippen MR) is 230 cm³/mol. The molecule has 0 fully saturated rings. The minimum absolute atomic E-state index is 0.113. The van der Waals surface area contributed by atoms with E-state index in [-0.39, 0.29) is 48.1 Å². The van der Waals surface area contributed by atoms with Gasteiger partial charge in [0, 0.05) is 24.5 Å². The molecule has 5 aromatic rings. The lowest BCUT2D eigenvalue weighted by Crippen LogP contribution is -2.40. The van der Waals surface area contributed by atoms with Gasteiger partial charge in [-0.2, -0.15) is 10.2 Å². The summed E-state index contributed by atoms with van der Waals surface area (Å²) < 4.78 is 30.8. The Bertz CT molecular complexity index is 2140. The molecule has 1 aliphatic carbocycles. The van der Waals surface area contributed by atoms with Gasteiger partial charge in [0.05, 0.1) is 51.3 Å². The van der Waals surface area contributed by atoms with Crippen molar-refractivity contribution in [1.29, 1.82) is 5.26 Å². The molecule has 1 aliphatic rings. The summed E-state index contributed by atoms with van der Waals surface area (Å²) in [5, 5.41) is 12.7. The minimum Gasteiger partial charge on any atom is -0.497 e. The molecule has 0 spiro atoms. The van der Waals surface area contributed by atoms with E-state index < -0.39 is 20.2 Å². The quantitative estimate of drug-likeness (QED) is 0.0360. The van der Waals surface area contributed by atoms with Crippen LogP contribution in [0.4, 0.5) is 5.95 Å². The molecule has 0 aliphatic heterocycles. The smallest absolute Gasteiger partial charge is 0.280 e. The lowest BCUT2D eigenvalue weighted by molar-refractivity contribution is -0.0282. The number of benzene rings is 3. The van der Waals surface area contributed by atoms with Gasteiger partial charge >= 0.3 is 0 Å². The molecule has 306 valence electrons. The van der Waals surface area contributed by atoms with Gasteiger partial charge in [0.1, 0.15) is 11.4 Å². The van der Waals surface area contributed by atoms with Crippen LogP contribution < -0.4 is 15.6 Å². The number of allylic oxidation sites excluding steroid dienone is 1. The molecular formula is C45H56N7O5P. The number of anilines is 1. The summed E-state index contributed by atoms with van der Waals surface area (Å²) in [5.41, 5.74) is 2.40. The number of nitrogens with zero attached hydrogens (tertiary/aromatic N) is 5. The fourth-order valence-corrected chi connectivity index (χ4v) is 9.26. The standard InChI is InChI=1S/C45H56N7O5P/c1-31(2)28-47-44-49-42-41(43(53)50-44)48-30-51(42)38-22-19-34(40(27-38)57-58(56-26-14-25-46)52(32(3)4)33(5)6)29-55-45(35-15-10-8-11-16-35,36-17-12-9-13-18-36)37-20-23-39(54-7)24-21-37/h8-13,15-24,30-34,38,40H,14,26-29H2,1-7H3,(H2,47,49,50,53)/t34-,38-,40+,58?/m0/s1. The zero-order chi connectivity index (χ0) is 41.2. The number of aromatic nitrogens is 4. The van der Waals surface area contributed by atoms with Gasteiger partial charge in [-0.3, -0.25) is 9.78 Å². The Morgan fingerprint density at radius 3 is 2.17 bits per heavy atom. The molecule has 3 aromatic carbocycles. The molecule has 13 heteroatoms. The van der Waals surface area contributed by atoms with Crippen LogP contribution in [-0.2, 0) is 19.4 Å². The Hall–Kier alpha value is -4.89. The number of methoxy groups -OCH3 is 1. The Labute approximate surface area is 343 Å². The number of nitrogens with one attached hydrogen (secondary N) is 2. The van der Waals surface area contributed by atoms with E-state index in [4.69, 9.17) is 23.5 Å². The highest BCUT2D eigenvalue weighted by atomic mass is 31.2. The summed E-state index contributed by atoms with van der Waals surface area (Å²) in [6, 6.07) is 30.8. The van der Waals surface area contributed by atoms with Crippen molar-refractivity contribution in [3.8, 4) is 11.8 Å². The second-order valence-corrected chi connectivity index (χ2v) is 16.9. The molecule has 1 unspecified atom stereocenters. The molecule has 12 nitrogen and oxygen atoms in total. The van der Waals surface area contributed by atoms with E-state index in [9.17, 15) is 10.1 Å². The molecular weight excluding hydrogens is 750 g/mol. The van der Waals surface area contributed by atoms with Gasteiger partial charge in [-0.15, -0.1) is 0 Å². The zero-order valence-corrected chi connectivity index (χ0v) is 35.4. The van der Waals surface area contributed by atoms with Gasteiger partial charge in [0.2, 0.25) is 5.95 Å². The van der Waals surface area contributed by atoms with Crippen molar-refractivity contribution in [2.75, 3.05) is 32.2 Å². The summed E-state index contributed by atoms with van der Waals surface area (Å²) in [5.74, 6) is 1.30. The normalized spacial score (nSPS) is 17.7. The molecule has 0 bridgehead atoms. The lowest BCUT2D eigenvalue weighted by Gasteiger charge is -2.42. The van der Waals surface area contributed by atoms with Crippen molar-refractivity contribution in [3.05, 3.63) is 130 Å². The number of rotatable bonds is 19. The topological polar surface area (TPSA) is 140 Å². The Kier molecular flexibility index (Phi) is 14.5. The molecule has 4 atom stereocenters. The van der Waals surface area contributed by atoms with Crippen molar-refractivity contribution >= 4 is 25.6 Å². The SMILES string of the molecule is COc1ccc(C(OC[C@@H]2C=C[C@H](n3cnc4c(=O)[nH]c(NCC(C)C)nc43)C[C@H]2OP(OCCC#N)N(C(C)C)C(C)C)(c2ccccc2)c2ccccc2)cc1. The van der Waals surface area contributed by atoms with Crippen LogP contribution in [0.3, 0.4) is 0 Å². The monoisotopic (exact) mass is 805 g/mol. The van der Waals surface area contributed by atoms with Gasteiger partial charge in [-0.25, -0.2) is 9.65 Å². The summed E-state index contributed by atoms with van der Waals surface area (Å²) in [6.07, 6.45) is 6.35. The fraction of sp³-hybridized carbons (Fsp3) is 0.422. The second-order valence-electron chi connectivity index (χ2n) is 15.5. The number of hydrogen-bond donors (Lipinski definition) is 2. The molecule has 2 N–H and O–H groups in total. The number of hydrogen-bond acceptors (Lipinski definition) is 10. The maximum absolute atomic E-state index is 13.2. The van der Waals surface area contributed by atoms with Crippen LogP contribution in [0.15, 0.2) is 108 Å². The van der Waals surface area contributed by atoms with Crippen LogP contribution in [0.25, 0.3) is 11.2 Å². The van der Waals surface area contributed by atoms with E-state index >= 15 is 0 Å². The first kappa shape index (κ1) is 42.7. The van der Waals surface area contributed by atoms with Crippen molar-refractivity contribution in [1.82, 2.24) is 24.2 Å². The average molecular weight is 806 g/mol. The summed E-state index contributed by atoms with van der Waals surface area (Å²) in [4.78, 5) is 25.3. The third-order valence-electron chi connectivity index (χ3n) is 10.2. The fourth-order valence-electron chi connectivity index (χ4n) is 7.48. The van der Waals surface area contributed by atoms with Gasteiger partial charge < -0.3 is 28.4 Å². The lowest BCUT2D eigenvalue weighted by atomic mass is 9.79. The molecule has 0 radical (unpaired) electrons. The maximum Gasteiger partial charge on any atom is 0.280 e. The average Bonchev–Trinajstić information content (AvgIpc) is 3.66. The van der Waals surface area contributed by atoms with E-state index in [0.717, 1.165) is 22.4 Å². The first-order chi connectivity index (χ1) is 28.0. The highest BCUT2D eigenvalue weighted by Gasteiger charge is 2.41. The first-order valence-electron chi connectivity index (χ1n) is 20.1. The third kappa shape index (κ3) is 9.69. The first-order valence-corrected chi connectivity index (χ1v) is 21.2. The molecule has 0 saturated heterocycles. The maximum atomic E-state index is 13.2. The van der Waals surface area contributed by atoms with Crippen molar-refractivity contribution in [2.24, 2.45) is 11.8 Å². The molecule has 58 heavy (non-hydrogen) atoms. The Morgan fingerprint density at radius 1 is 0.948 bits per heavy atom. The van der Waals surface area contributed by atoms with Crippen LogP contribution in [0.2, 0.25) is 0 Å². The van der Waals surface area contributed by atoms with Gasteiger partial charge in [0.15, 0.2) is 11.2 Å². The molecule has 0 saturated carbocycles. The molecule has 0 amide bonds. The molecule has 6 rings (SSSR count). The number of nitriles is 1. The second kappa shape index (κ2) is 19.7. The Balaban J connectivity index is 1.43. The Morgan fingerprint density at radius 2 is 1.59 bits per heavy atom. The van der Waals surface area contributed by atoms with Crippen LogP contribution >= 0.6 is 8.53 Å². The van der Waals surface area contributed by atoms with E-state index in [1.807, 2.05) is 53.1 Å². The largest absolute Gasteiger partial charge is 0.497 e. The van der Waals surface area contributed by atoms with Crippen molar-refractivity contribution < 1.29 is 18.5 Å². The highest BCUT2D eigenvalue weighted by molar-refractivity contribution is 7.44. The summed E-state index contributed by atoms with van der Waals surface area (Å²) in [6.45, 7) is 13.9. The molecule has 2 heterocycles. The predicted octanol–water partition coefficient (Wildman–Crippen LogP) is 8.98. The van der Waals surface area contributed by atoms with Crippen LogP contribution in [0.1, 0.15) is 77.1 Å². The van der Waals surface area contributed by atoms with Crippen LogP contribution in [0.5, 0.6) is 5.75 Å². The third-order valence-corrected chi connectivity index (χ3v) is 12.4. The van der Waals surface area contributed by atoms with Crippen LogP contribution in [0, 0.1) is 23.2 Å². The van der Waals surface area contributed by atoms with Gasteiger partial charge in [-0.05, 0) is 68.9 Å². The minimum atomic E-state index is -1.60. The number of aromatic amines is 1. The number of fused-ring (bicyclic) bond motifs is 1. The number of H-pyrrole nitrogens is 1. The number of ether oxygens (including phenoxy) is 2. The summed E-state index contributed by atoms with van der Waals surface area (Å²) >= 11 is 0. The summed E-state index contributed by atoms with van der Waals surface area (Å²) in [7, 11) is 0.0653.